The van der Waals surface area contributed by atoms with Gasteiger partial charge in [-0.3, -0.25) is 0 Å². The van der Waals surface area contributed by atoms with Crippen LogP contribution in [0.25, 0.3) is 0 Å². The third-order valence-corrected chi connectivity index (χ3v) is 5.64. The van der Waals surface area contributed by atoms with E-state index in [2.05, 4.69) is 5.32 Å². The number of carbonyl (C=O) groups is 2. The number of hydrogen-bond donors (Lipinski definition) is 3. The van der Waals surface area contributed by atoms with E-state index in [0.29, 0.717) is 10.9 Å². The minimum atomic E-state index is -1.82. The van der Waals surface area contributed by atoms with Crippen molar-refractivity contribution in [2.75, 3.05) is 13.1 Å². The molecule has 1 heterocycles. The Balaban J connectivity index is 0.000000409. The van der Waals surface area contributed by atoms with Crippen LogP contribution in [-0.2, 0) is 9.59 Å². The van der Waals surface area contributed by atoms with Crippen LogP contribution in [0, 0.1) is 11.6 Å². The van der Waals surface area contributed by atoms with Gasteiger partial charge in [-0.2, -0.15) is 0 Å². The van der Waals surface area contributed by atoms with Gasteiger partial charge in [0.1, 0.15) is 11.6 Å². The van der Waals surface area contributed by atoms with Gasteiger partial charge >= 0.3 is 11.9 Å². The second-order valence-corrected chi connectivity index (χ2v) is 7.48. The van der Waals surface area contributed by atoms with E-state index in [9.17, 15) is 8.78 Å². The fraction of sp³-hybridized carbons (Fsp3) is 0.263. The quantitative estimate of drug-likeness (QED) is 0.627. The van der Waals surface area contributed by atoms with E-state index in [1.807, 2.05) is 0 Å². The summed E-state index contributed by atoms with van der Waals surface area (Å²) in [7, 11) is 0. The number of nitrogens with one attached hydrogen (secondary N) is 1. The van der Waals surface area contributed by atoms with E-state index in [4.69, 9.17) is 31.4 Å². The van der Waals surface area contributed by atoms with Crippen LogP contribution in [0.1, 0.15) is 24.3 Å². The van der Waals surface area contributed by atoms with E-state index in [1.165, 1.54) is 30.0 Å². The molecule has 3 rings (SSSR count). The Morgan fingerprint density at radius 1 is 0.964 bits per heavy atom. The van der Waals surface area contributed by atoms with Crippen molar-refractivity contribution in [3.63, 3.8) is 0 Å². The van der Waals surface area contributed by atoms with Crippen molar-refractivity contribution in [1.82, 2.24) is 5.32 Å². The van der Waals surface area contributed by atoms with Gasteiger partial charge in [-0.15, -0.1) is 0 Å². The fourth-order valence-electron chi connectivity index (χ4n) is 2.74. The molecule has 0 unspecified atom stereocenters. The highest BCUT2D eigenvalue weighted by atomic mass is 35.5. The lowest BCUT2D eigenvalue weighted by Crippen LogP contribution is -2.26. The molecular formula is C19H18ClF2NO4S. The Kier molecular flexibility index (Phi) is 8.22. The number of hydrogen-bond acceptors (Lipinski definition) is 4. The molecule has 3 N–H and O–H groups in total. The lowest BCUT2D eigenvalue weighted by Gasteiger charge is -2.25. The van der Waals surface area contributed by atoms with Crippen LogP contribution in [0.4, 0.5) is 8.78 Å². The van der Waals surface area contributed by atoms with Crippen molar-refractivity contribution in [1.29, 1.82) is 0 Å². The third-order valence-electron chi connectivity index (χ3n) is 4.05. The standard InChI is InChI=1S/C17H16ClF2NS.C2H2O4/c18-15-10-13(20)2-4-17(15)22-16-3-1-12(19)9-14(16)11-5-7-21-8-6-11;3-1(4)2(5)6/h1-4,9-11,21H,5-8H2;(H,3,4)(H,5,6). The van der Waals surface area contributed by atoms with E-state index in [1.54, 1.807) is 18.2 Å². The first-order valence-electron chi connectivity index (χ1n) is 8.37. The molecule has 150 valence electrons. The van der Waals surface area contributed by atoms with Gasteiger partial charge in [0.2, 0.25) is 0 Å². The van der Waals surface area contributed by atoms with Crippen molar-refractivity contribution in [3.8, 4) is 0 Å². The largest absolute Gasteiger partial charge is 0.473 e. The first-order chi connectivity index (χ1) is 13.3. The molecule has 0 atom stereocenters. The van der Waals surface area contributed by atoms with Crippen LogP contribution in [0.15, 0.2) is 46.2 Å². The van der Waals surface area contributed by atoms with E-state index >= 15 is 0 Å². The average molecular weight is 430 g/mol. The molecular weight excluding hydrogens is 412 g/mol. The Morgan fingerprint density at radius 2 is 1.50 bits per heavy atom. The molecule has 1 fully saturated rings. The predicted octanol–water partition coefficient (Wildman–Crippen LogP) is 4.39. The molecule has 5 nitrogen and oxygen atoms in total. The van der Waals surface area contributed by atoms with Crippen molar-refractivity contribution in [2.24, 2.45) is 0 Å². The lowest BCUT2D eigenvalue weighted by atomic mass is 9.90. The van der Waals surface area contributed by atoms with E-state index in [-0.39, 0.29) is 11.6 Å². The van der Waals surface area contributed by atoms with Gasteiger partial charge in [-0.25, -0.2) is 18.4 Å². The average Bonchev–Trinajstić information content (AvgIpc) is 2.66. The Morgan fingerprint density at radius 3 is 2.04 bits per heavy atom. The Bertz CT molecular complexity index is 848. The zero-order chi connectivity index (χ0) is 20.7. The van der Waals surface area contributed by atoms with Gasteiger partial charge in [0, 0.05) is 9.79 Å². The molecule has 1 saturated heterocycles. The summed E-state index contributed by atoms with van der Waals surface area (Å²) in [5.41, 5.74) is 1.02. The number of aliphatic carboxylic acids is 2. The first kappa shape index (κ1) is 22.1. The number of benzene rings is 2. The molecule has 9 heteroatoms. The third kappa shape index (κ3) is 6.47. The molecule has 1 aliphatic heterocycles. The predicted molar refractivity (Wildman–Crippen MR) is 102 cm³/mol. The van der Waals surface area contributed by atoms with Gasteiger partial charge < -0.3 is 15.5 Å². The normalized spacial score (nSPS) is 14.1. The maximum Gasteiger partial charge on any atom is 0.414 e. The monoisotopic (exact) mass is 429 g/mol. The molecule has 0 aromatic heterocycles. The summed E-state index contributed by atoms with van der Waals surface area (Å²) in [5.74, 6) is -3.88. The topological polar surface area (TPSA) is 86.6 Å². The van der Waals surface area contributed by atoms with Gasteiger partial charge in [0.05, 0.1) is 5.02 Å². The van der Waals surface area contributed by atoms with Gasteiger partial charge in [0.25, 0.3) is 0 Å². The number of carboxylic acids is 2. The highest BCUT2D eigenvalue weighted by Gasteiger charge is 2.20. The molecule has 0 aliphatic carbocycles. The highest BCUT2D eigenvalue weighted by molar-refractivity contribution is 7.99. The van der Waals surface area contributed by atoms with E-state index in [0.717, 1.165) is 41.3 Å². The number of halogens is 3. The minimum Gasteiger partial charge on any atom is -0.473 e. The second kappa shape index (κ2) is 10.4. The molecule has 2 aromatic rings. The molecule has 1 aliphatic rings. The summed E-state index contributed by atoms with van der Waals surface area (Å²) < 4.78 is 26.8. The van der Waals surface area contributed by atoms with Crippen LogP contribution >= 0.6 is 23.4 Å². The van der Waals surface area contributed by atoms with E-state index < -0.39 is 11.9 Å². The zero-order valence-electron chi connectivity index (χ0n) is 14.6. The fourth-order valence-corrected chi connectivity index (χ4v) is 4.03. The Labute approximate surface area is 169 Å². The van der Waals surface area contributed by atoms with Crippen LogP contribution in [0.3, 0.4) is 0 Å². The van der Waals surface area contributed by atoms with Crippen LogP contribution in [0.2, 0.25) is 5.02 Å². The molecule has 0 radical (unpaired) electrons. The summed E-state index contributed by atoms with van der Waals surface area (Å²) in [6, 6.07) is 9.23. The maximum atomic E-state index is 13.7. The van der Waals surface area contributed by atoms with Crippen molar-refractivity contribution < 1.29 is 28.6 Å². The first-order valence-corrected chi connectivity index (χ1v) is 9.56. The smallest absolute Gasteiger partial charge is 0.414 e. The summed E-state index contributed by atoms with van der Waals surface area (Å²) in [6.07, 6.45) is 1.99. The summed E-state index contributed by atoms with van der Waals surface area (Å²) >= 11 is 7.57. The summed E-state index contributed by atoms with van der Waals surface area (Å²) in [6.45, 7) is 1.89. The van der Waals surface area contributed by atoms with Gasteiger partial charge in [-0.1, -0.05) is 23.4 Å². The molecule has 0 amide bonds. The van der Waals surface area contributed by atoms with Crippen molar-refractivity contribution in [2.45, 2.75) is 28.6 Å². The number of piperidine rings is 1. The molecule has 2 aromatic carbocycles. The van der Waals surface area contributed by atoms with Crippen LogP contribution in [0.5, 0.6) is 0 Å². The van der Waals surface area contributed by atoms with Gasteiger partial charge in [0.15, 0.2) is 0 Å². The van der Waals surface area contributed by atoms with Crippen LogP contribution < -0.4 is 5.32 Å². The number of carboxylic acid groups (broad SMARTS) is 2. The maximum absolute atomic E-state index is 13.7. The van der Waals surface area contributed by atoms with Crippen molar-refractivity contribution in [3.05, 3.63) is 58.6 Å². The molecule has 0 saturated carbocycles. The molecule has 0 bridgehead atoms. The molecule has 28 heavy (non-hydrogen) atoms. The summed E-state index contributed by atoms with van der Waals surface area (Å²) in [4.78, 5) is 20.0. The zero-order valence-corrected chi connectivity index (χ0v) is 16.2. The second-order valence-electron chi connectivity index (χ2n) is 5.99. The van der Waals surface area contributed by atoms with Crippen LogP contribution in [-0.4, -0.2) is 35.2 Å². The molecule has 0 spiro atoms. The van der Waals surface area contributed by atoms with Gasteiger partial charge in [-0.05, 0) is 73.8 Å². The lowest BCUT2D eigenvalue weighted by molar-refractivity contribution is -0.159. The Hall–Kier alpha value is -2.16. The summed E-state index contributed by atoms with van der Waals surface area (Å²) in [5, 5.41) is 18.5. The highest BCUT2D eigenvalue weighted by Crippen LogP contribution is 2.40. The minimum absolute atomic E-state index is 0.219. The SMILES string of the molecule is Fc1ccc(Sc2ccc(F)cc2C2CCNCC2)c(Cl)c1.O=C(O)C(=O)O. The number of rotatable bonds is 3. The van der Waals surface area contributed by atoms with Crippen molar-refractivity contribution >= 4 is 35.3 Å².